The highest BCUT2D eigenvalue weighted by Crippen LogP contribution is 2.52. The fourth-order valence-electron chi connectivity index (χ4n) is 7.23. The third-order valence-electron chi connectivity index (χ3n) is 9.61. The number of benzene rings is 4. The number of aliphatic hydroxyl groups is 2. The standard InChI is InChI=1S/C40H46O8/c1-43-23-47-39-33(37(41)25-13-17-29(45-3)18-14-25)21-27-9-5-7-11-31(27)35(39)36-32-12-8-6-10-28(32)22-34(40(36)48-24-44-2)38(42)26-15-19-30(46-4)20-16-26/h13-22,37-38,41-42H,5-12,23-24H2,1-4H3. The maximum atomic E-state index is 12.0. The predicted octanol–water partition coefficient (Wildman–Crippen LogP) is 7.26. The van der Waals surface area contributed by atoms with E-state index in [0.29, 0.717) is 34.1 Å². The first-order chi connectivity index (χ1) is 23.5. The molecule has 4 aromatic carbocycles. The van der Waals surface area contributed by atoms with E-state index in [0.717, 1.165) is 73.6 Å². The summed E-state index contributed by atoms with van der Waals surface area (Å²) in [7, 11) is 6.44. The highest BCUT2D eigenvalue weighted by Gasteiger charge is 2.33. The third kappa shape index (κ3) is 6.76. The summed E-state index contributed by atoms with van der Waals surface area (Å²) >= 11 is 0. The molecule has 0 aliphatic heterocycles. The van der Waals surface area contributed by atoms with Gasteiger partial charge in [0.1, 0.15) is 35.2 Å². The Morgan fingerprint density at radius 3 is 1.27 bits per heavy atom. The number of ether oxygens (including phenoxy) is 6. The van der Waals surface area contributed by atoms with Gasteiger partial charge in [-0.3, -0.25) is 0 Å². The van der Waals surface area contributed by atoms with Crippen LogP contribution in [0.2, 0.25) is 0 Å². The van der Waals surface area contributed by atoms with Crippen molar-refractivity contribution in [3.8, 4) is 34.1 Å². The zero-order valence-electron chi connectivity index (χ0n) is 28.3. The Morgan fingerprint density at radius 2 is 0.917 bits per heavy atom. The molecule has 254 valence electrons. The molecule has 0 radical (unpaired) electrons. The van der Waals surface area contributed by atoms with Crippen LogP contribution in [0.5, 0.6) is 23.0 Å². The summed E-state index contributed by atoms with van der Waals surface area (Å²) < 4.78 is 34.7. The van der Waals surface area contributed by atoms with Crippen molar-refractivity contribution in [1.29, 1.82) is 0 Å². The lowest BCUT2D eigenvalue weighted by molar-refractivity contribution is 0.0475. The van der Waals surface area contributed by atoms with Gasteiger partial charge in [0, 0.05) is 36.5 Å². The van der Waals surface area contributed by atoms with E-state index in [2.05, 4.69) is 12.1 Å². The maximum Gasteiger partial charge on any atom is 0.188 e. The largest absolute Gasteiger partial charge is 0.497 e. The number of hydrogen-bond acceptors (Lipinski definition) is 8. The van der Waals surface area contributed by atoms with Gasteiger partial charge in [0.05, 0.1) is 14.2 Å². The van der Waals surface area contributed by atoms with Crippen LogP contribution in [0, 0.1) is 0 Å². The summed E-state index contributed by atoms with van der Waals surface area (Å²) in [6.07, 6.45) is 5.74. The van der Waals surface area contributed by atoms with Gasteiger partial charge in [-0.15, -0.1) is 0 Å². The predicted molar refractivity (Wildman–Crippen MR) is 184 cm³/mol. The van der Waals surface area contributed by atoms with Crippen LogP contribution in [0.25, 0.3) is 11.1 Å². The van der Waals surface area contributed by atoms with Crippen molar-refractivity contribution in [1.82, 2.24) is 0 Å². The van der Waals surface area contributed by atoms with Crippen molar-refractivity contribution in [3.05, 3.63) is 105 Å². The van der Waals surface area contributed by atoms with Gasteiger partial charge in [0.2, 0.25) is 0 Å². The van der Waals surface area contributed by atoms with Crippen LogP contribution in [0.4, 0.5) is 0 Å². The average Bonchev–Trinajstić information content (AvgIpc) is 3.14. The molecule has 0 aromatic heterocycles. The second kappa shape index (κ2) is 15.4. The van der Waals surface area contributed by atoms with E-state index in [4.69, 9.17) is 28.4 Å². The molecule has 8 heteroatoms. The smallest absolute Gasteiger partial charge is 0.188 e. The molecule has 0 heterocycles. The van der Waals surface area contributed by atoms with E-state index >= 15 is 0 Å². The first kappa shape index (κ1) is 33.8. The lowest BCUT2D eigenvalue weighted by Crippen LogP contribution is -2.17. The van der Waals surface area contributed by atoms with Crippen LogP contribution in [-0.4, -0.2) is 52.2 Å². The first-order valence-corrected chi connectivity index (χ1v) is 16.7. The molecule has 2 aliphatic rings. The minimum absolute atomic E-state index is 0.00125. The SMILES string of the molecule is COCOc1c(C(O)c2ccc(OC)cc2)cc2c(c1-c1c3c(cc(C(O)c4ccc(OC)cc4)c1OCOC)CCCC3)CCCC2. The molecule has 4 aromatic rings. The molecule has 48 heavy (non-hydrogen) atoms. The second-order valence-corrected chi connectivity index (χ2v) is 12.5. The lowest BCUT2D eigenvalue weighted by atomic mass is 9.77. The minimum atomic E-state index is -0.971. The van der Waals surface area contributed by atoms with Gasteiger partial charge in [-0.25, -0.2) is 0 Å². The molecule has 2 aliphatic carbocycles. The lowest BCUT2D eigenvalue weighted by Gasteiger charge is -2.32. The average molecular weight is 655 g/mol. The minimum Gasteiger partial charge on any atom is -0.497 e. The molecular formula is C40H46O8. The van der Waals surface area contributed by atoms with Crippen LogP contribution in [-0.2, 0) is 35.2 Å². The molecule has 0 bridgehead atoms. The van der Waals surface area contributed by atoms with Gasteiger partial charge in [-0.05, 0) is 121 Å². The van der Waals surface area contributed by atoms with E-state index in [9.17, 15) is 10.2 Å². The van der Waals surface area contributed by atoms with Crippen LogP contribution < -0.4 is 18.9 Å². The van der Waals surface area contributed by atoms with Gasteiger partial charge in [0.25, 0.3) is 0 Å². The fraction of sp³-hybridized carbons (Fsp3) is 0.400. The van der Waals surface area contributed by atoms with Crippen molar-refractivity contribution < 1.29 is 38.6 Å². The Hall–Kier alpha value is -4.08. The number of aliphatic hydroxyl groups excluding tert-OH is 2. The maximum absolute atomic E-state index is 12.0. The Balaban J connectivity index is 1.65. The molecule has 2 unspecified atom stereocenters. The Kier molecular flexibility index (Phi) is 10.9. The van der Waals surface area contributed by atoms with E-state index in [1.807, 2.05) is 48.5 Å². The summed E-state index contributed by atoms with van der Waals surface area (Å²) in [6, 6.07) is 19.1. The first-order valence-electron chi connectivity index (χ1n) is 16.7. The Bertz CT molecular complexity index is 1570. The fourth-order valence-corrected chi connectivity index (χ4v) is 7.23. The summed E-state index contributed by atoms with van der Waals surface area (Å²) in [5, 5.41) is 24.1. The summed E-state index contributed by atoms with van der Waals surface area (Å²) in [4.78, 5) is 0. The van der Waals surface area contributed by atoms with Crippen molar-refractivity contribution in [3.63, 3.8) is 0 Å². The molecule has 0 saturated heterocycles. The monoisotopic (exact) mass is 654 g/mol. The van der Waals surface area contributed by atoms with Crippen LogP contribution in [0.15, 0.2) is 60.7 Å². The van der Waals surface area contributed by atoms with Gasteiger partial charge in [-0.1, -0.05) is 24.3 Å². The topological polar surface area (TPSA) is 95.8 Å². The van der Waals surface area contributed by atoms with Gasteiger partial charge >= 0.3 is 0 Å². The number of aryl methyl sites for hydroxylation is 2. The molecule has 8 nitrogen and oxygen atoms in total. The zero-order valence-corrected chi connectivity index (χ0v) is 28.3. The molecule has 2 atom stereocenters. The number of rotatable bonds is 13. The molecule has 0 spiro atoms. The molecule has 0 fully saturated rings. The highest BCUT2D eigenvalue weighted by molar-refractivity contribution is 5.86. The normalized spacial score (nSPS) is 15.2. The van der Waals surface area contributed by atoms with Crippen LogP contribution in [0.1, 0.15) is 82.4 Å². The summed E-state index contributed by atoms with van der Waals surface area (Å²) in [5.41, 5.74) is 9.32. The van der Waals surface area contributed by atoms with E-state index in [-0.39, 0.29) is 13.6 Å². The van der Waals surface area contributed by atoms with Gasteiger partial charge in [0.15, 0.2) is 13.6 Å². The van der Waals surface area contributed by atoms with E-state index < -0.39 is 12.2 Å². The van der Waals surface area contributed by atoms with Gasteiger partial charge < -0.3 is 38.6 Å². The van der Waals surface area contributed by atoms with Gasteiger partial charge in [-0.2, -0.15) is 0 Å². The zero-order chi connectivity index (χ0) is 33.6. The molecule has 0 amide bonds. The number of hydrogen-bond donors (Lipinski definition) is 2. The van der Waals surface area contributed by atoms with E-state index in [1.165, 1.54) is 22.3 Å². The quantitative estimate of drug-likeness (QED) is 0.146. The van der Waals surface area contributed by atoms with Crippen molar-refractivity contribution >= 4 is 0 Å². The molecule has 6 rings (SSSR count). The van der Waals surface area contributed by atoms with Crippen molar-refractivity contribution in [2.75, 3.05) is 42.0 Å². The number of fused-ring (bicyclic) bond motifs is 2. The summed E-state index contributed by atoms with van der Waals surface area (Å²) in [5.74, 6) is 2.55. The Morgan fingerprint density at radius 1 is 0.542 bits per heavy atom. The van der Waals surface area contributed by atoms with Crippen molar-refractivity contribution in [2.24, 2.45) is 0 Å². The molecular weight excluding hydrogens is 608 g/mol. The summed E-state index contributed by atoms with van der Waals surface area (Å²) in [6.45, 7) is -0.00251. The molecule has 2 N–H and O–H groups in total. The second-order valence-electron chi connectivity index (χ2n) is 12.5. The highest BCUT2D eigenvalue weighted by atomic mass is 16.7. The molecule has 0 saturated carbocycles. The Labute approximate surface area is 283 Å². The van der Waals surface area contributed by atoms with Crippen LogP contribution >= 0.6 is 0 Å². The van der Waals surface area contributed by atoms with Crippen LogP contribution in [0.3, 0.4) is 0 Å². The number of methoxy groups -OCH3 is 4. The third-order valence-corrected chi connectivity index (χ3v) is 9.61. The van der Waals surface area contributed by atoms with E-state index in [1.54, 1.807) is 28.4 Å². The van der Waals surface area contributed by atoms with Crippen molar-refractivity contribution in [2.45, 2.75) is 63.6 Å².